The third-order valence-corrected chi connectivity index (χ3v) is 5.76. The van der Waals surface area contributed by atoms with E-state index in [2.05, 4.69) is 26.1 Å². The van der Waals surface area contributed by atoms with Crippen molar-refractivity contribution in [2.45, 2.75) is 39.2 Å². The minimum Gasteiger partial charge on any atom is -0.491 e. The number of carbonyl (C=O) groups excluding carboxylic acids is 1. The van der Waals surface area contributed by atoms with Crippen LogP contribution in [0.1, 0.15) is 33.3 Å². The number of hydrogen-bond acceptors (Lipinski definition) is 4. The standard InChI is InChI=1S/C22H29FN2O4S/c1-16(25(30(5,27)28)19-12-8-7-11-18(19)23)21(26)24-14-15-29-20-13-9-6-10-17(20)22(2,3)4/h6-13,16H,14-15H2,1-5H3,(H,24,26)/t16-/m1/s1. The van der Waals surface area contributed by atoms with Crippen molar-refractivity contribution < 1.29 is 22.3 Å². The molecule has 0 aliphatic heterocycles. The first-order valence-electron chi connectivity index (χ1n) is 9.67. The van der Waals surface area contributed by atoms with Crippen molar-refractivity contribution >= 4 is 21.6 Å². The predicted octanol–water partition coefficient (Wildman–Crippen LogP) is 3.47. The number of halogens is 1. The SMILES string of the molecule is C[C@H](C(=O)NCCOc1ccccc1C(C)(C)C)N(c1ccccc1F)S(C)(=O)=O. The normalized spacial score (nSPS) is 12.9. The average Bonchev–Trinajstić information content (AvgIpc) is 2.65. The van der Waals surface area contributed by atoms with Gasteiger partial charge in [0.2, 0.25) is 15.9 Å². The molecule has 0 fully saturated rings. The first-order chi connectivity index (χ1) is 13.9. The molecule has 2 aromatic rings. The van der Waals surface area contributed by atoms with Crippen LogP contribution in [0.2, 0.25) is 0 Å². The number of rotatable bonds is 8. The molecule has 0 aliphatic carbocycles. The average molecular weight is 437 g/mol. The number of nitrogens with one attached hydrogen (secondary N) is 1. The van der Waals surface area contributed by atoms with Crippen LogP contribution in [-0.4, -0.2) is 39.8 Å². The fourth-order valence-electron chi connectivity index (χ4n) is 3.11. The summed E-state index contributed by atoms with van der Waals surface area (Å²) in [7, 11) is -3.88. The summed E-state index contributed by atoms with van der Waals surface area (Å²) in [6.45, 7) is 8.06. The Hall–Kier alpha value is -2.61. The highest BCUT2D eigenvalue weighted by molar-refractivity contribution is 7.92. The van der Waals surface area contributed by atoms with Gasteiger partial charge in [0, 0.05) is 0 Å². The molecule has 0 unspecified atom stereocenters. The first-order valence-corrected chi connectivity index (χ1v) is 11.5. The molecule has 1 amide bonds. The van der Waals surface area contributed by atoms with E-state index in [0.717, 1.165) is 27.9 Å². The molecule has 0 saturated carbocycles. The van der Waals surface area contributed by atoms with Crippen LogP contribution in [0.5, 0.6) is 5.75 Å². The Labute approximate surface area is 178 Å². The molecule has 0 spiro atoms. The molecule has 0 aromatic heterocycles. The van der Waals surface area contributed by atoms with E-state index in [0.29, 0.717) is 0 Å². The Bertz CT molecular complexity index is 987. The van der Waals surface area contributed by atoms with Crippen LogP contribution in [0.15, 0.2) is 48.5 Å². The van der Waals surface area contributed by atoms with E-state index in [1.165, 1.54) is 25.1 Å². The fourth-order valence-corrected chi connectivity index (χ4v) is 4.28. The Morgan fingerprint density at radius 2 is 1.73 bits per heavy atom. The quantitative estimate of drug-likeness (QED) is 0.643. The third-order valence-electron chi connectivity index (χ3n) is 4.53. The Morgan fingerprint density at radius 3 is 2.33 bits per heavy atom. The molecule has 6 nitrogen and oxygen atoms in total. The molecule has 1 N–H and O–H groups in total. The maximum Gasteiger partial charge on any atom is 0.243 e. The van der Waals surface area contributed by atoms with Crippen molar-refractivity contribution in [2.24, 2.45) is 0 Å². The molecule has 0 radical (unpaired) electrons. The summed E-state index contributed by atoms with van der Waals surface area (Å²) in [6.07, 6.45) is 0.940. The topological polar surface area (TPSA) is 75.7 Å². The van der Waals surface area contributed by atoms with E-state index in [1.807, 2.05) is 24.3 Å². The number of sulfonamides is 1. The van der Waals surface area contributed by atoms with Gasteiger partial charge in [-0.3, -0.25) is 9.10 Å². The lowest BCUT2D eigenvalue weighted by atomic mass is 9.86. The monoisotopic (exact) mass is 436 g/mol. The second-order valence-electron chi connectivity index (χ2n) is 8.07. The van der Waals surface area contributed by atoms with Crippen molar-refractivity contribution in [3.05, 3.63) is 59.9 Å². The molecule has 30 heavy (non-hydrogen) atoms. The van der Waals surface area contributed by atoms with Crippen LogP contribution in [0.4, 0.5) is 10.1 Å². The van der Waals surface area contributed by atoms with E-state index in [4.69, 9.17) is 4.74 Å². The molecule has 0 aliphatic rings. The molecule has 164 valence electrons. The number of anilines is 1. The van der Waals surface area contributed by atoms with E-state index in [9.17, 15) is 17.6 Å². The third kappa shape index (κ3) is 5.95. The van der Waals surface area contributed by atoms with Gasteiger partial charge in [0.15, 0.2) is 0 Å². The summed E-state index contributed by atoms with van der Waals surface area (Å²) in [4.78, 5) is 12.6. The van der Waals surface area contributed by atoms with E-state index in [1.54, 1.807) is 0 Å². The zero-order chi connectivity index (χ0) is 22.5. The summed E-state index contributed by atoms with van der Waals surface area (Å²) >= 11 is 0. The van der Waals surface area contributed by atoms with Gasteiger partial charge < -0.3 is 10.1 Å². The number of nitrogens with zero attached hydrogens (tertiary/aromatic N) is 1. The Morgan fingerprint density at radius 1 is 1.13 bits per heavy atom. The second-order valence-corrected chi connectivity index (χ2v) is 9.93. The van der Waals surface area contributed by atoms with Gasteiger partial charge in [0.1, 0.15) is 24.2 Å². The molecule has 0 bridgehead atoms. The van der Waals surface area contributed by atoms with Crippen molar-refractivity contribution in [1.29, 1.82) is 0 Å². The zero-order valence-electron chi connectivity index (χ0n) is 18.0. The minimum absolute atomic E-state index is 0.0932. The fraction of sp³-hybridized carbons (Fsp3) is 0.409. The van der Waals surface area contributed by atoms with Gasteiger partial charge >= 0.3 is 0 Å². The highest BCUT2D eigenvalue weighted by atomic mass is 32.2. The lowest BCUT2D eigenvalue weighted by molar-refractivity contribution is -0.121. The van der Waals surface area contributed by atoms with Crippen LogP contribution in [0, 0.1) is 5.82 Å². The van der Waals surface area contributed by atoms with E-state index >= 15 is 0 Å². The Kier molecular flexibility index (Phi) is 7.47. The molecule has 2 rings (SSSR count). The number of amides is 1. The van der Waals surface area contributed by atoms with Crippen LogP contribution in [0.3, 0.4) is 0 Å². The summed E-state index contributed by atoms with van der Waals surface area (Å²) in [5.41, 5.74) is 0.787. The number of hydrogen-bond donors (Lipinski definition) is 1. The number of carbonyl (C=O) groups is 1. The number of benzene rings is 2. The summed E-state index contributed by atoms with van der Waals surface area (Å²) in [6, 6.07) is 12.0. The van der Waals surface area contributed by atoms with E-state index in [-0.39, 0.29) is 24.3 Å². The van der Waals surface area contributed by atoms with Gasteiger partial charge in [-0.2, -0.15) is 0 Å². The maximum atomic E-state index is 14.2. The van der Waals surface area contributed by atoms with Crippen molar-refractivity contribution in [3.63, 3.8) is 0 Å². The van der Waals surface area contributed by atoms with Gasteiger partial charge in [-0.1, -0.05) is 51.1 Å². The molecule has 0 saturated heterocycles. The second kappa shape index (κ2) is 9.47. The van der Waals surface area contributed by atoms with Gasteiger partial charge in [0.25, 0.3) is 0 Å². The summed E-state index contributed by atoms with van der Waals surface area (Å²) in [5.74, 6) is -0.530. The highest BCUT2D eigenvalue weighted by Crippen LogP contribution is 2.30. The van der Waals surface area contributed by atoms with Gasteiger partial charge in [-0.05, 0) is 36.1 Å². The van der Waals surface area contributed by atoms with Crippen molar-refractivity contribution in [2.75, 3.05) is 23.7 Å². The zero-order valence-corrected chi connectivity index (χ0v) is 18.8. The van der Waals surface area contributed by atoms with Gasteiger partial charge in [0.05, 0.1) is 18.5 Å². The van der Waals surface area contributed by atoms with Crippen LogP contribution in [-0.2, 0) is 20.2 Å². The van der Waals surface area contributed by atoms with Gasteiger partial charge in [-0.25, -0.2) is 12.8 Å². The molecular weight excluding hydrogens is 407 g/mol. The van der Waals surface area contributed by atoms with Crippen LogP contribution >= 0.6 is 0 Å². The van der Waals surface area contributed by atoms with Crippen molar-refractivity contribution in [3.8, 4) is 5.75 Å². The van der Waals surface area contributed by atoms with Gasteiger partial charge in [-0.15, -0.1) is 0 Å². The highest BCUT2D eigenvalue weighted by Gasteiger charge is 2.30. The summed E-state index contributed by atoms with van der Waals surface area (Å²) in [5, 5.41) is 2.66. The first kappa shape index (κ1) is 23.7. The maximum absolute atomic E-state index is 14.2. The largest absolute Gasteiger partial charge is 0.491 e. The lowest BCUT2D eigenvalue weighted by Crippen LogP contribution is -2.48. The van der Waals surface area contributed by atoms with Crippen molar-refractivity contribution in [1.82, 2.24) is 5.32 Å². The lowest BCUT2D eigenvalue weighted by Gasteiger charge is -2.28. The number of para-hydroxylation sites is 2. The van der Waals surface area contributed by atoms with Crippen LogP contribution < -0.4 is 14.4 Å². The minimum atomic E-state index is -3.88. The molecule has 0 heterocycles. The molecule has 1 atom stereocenters. The molecule has 8 heteroatoms. The Balaban J connectivity index is 2.03. The predicted molar refractivity (Wildman–Crippen MR) is 117 cm³/mol. The van der Waals surface area contributed by atoms with E-state index < -0.39 is 27.8 Å². The van der Waals surface area contributed by atoms with Crippen LogP contribution in [0.25, 0.3) is 0 Å². The molecule has 2 aromatic carbocycles. The number of ether oxygens (including phenoxy) is 1. The summed E-state index contributed by atoms with van der Waals surface area (Å²) < 4.78 is 45.2. The smallest absolute Gasteiger partial charge is 0.243 e. The molecular formula is C22H29FN2O4S.